The van der Waals surface area contributed by atoms with Crippen LogP contribution < -0.4 is 21.3 Å². The molecule has 0 aliphatic rings. The molecule has 6 unspecified atom stereocenters. The molecule has 0 aromatic heterocycles. The molecule has 16 heteroatoms. The minimum absolute atomic E-state index is 0. The van der Waals surface area contributed by atoms with Gasteiger partial charge in [0.1, 0.15) is 34.7 Å². The van der Waals surface area contributed by atoms with Crippen LogP contribution in [0.25, 0.3) is 0 Å². The van der Waals surface area contributed by atoms with Crippen molar-refractivity contribution in [1.82, 2.24) is 21.3 Å². The van der Waals surface area contributed by atoms with Crippen LogP contribution in [-0.4, -0.2) is 105 Å². The second-order valence-corrected chi connectivity index (χ2v) is 33.4. The van der Waals surface area contributed by atoms with E-state index in [-0.39, 0.29) is 154 Å². The quantitative estimate of drug-likeness (QED) is 0.0442. The Balaban J connectivity index is -0.000000292. The molecule has 0 saturated heterocycles. The third kappa shape index (κ3) is 32.6. The Morgan fingerprint density at radius 2 is 0.426 bits per heavy atom. The molecule has 16 nitrogen and oxygen atoms in total. The number of ketones is 10. The lowest BCUT2D eigenvalue weighted by Gasteiger charge is -2.36. The summed E-state index contributed by atoms with van der Waals surface area (Å²) in [6.07, 6.45) is 11.3. The minimum atomic E-state index is -1.09. The van der Waals surface area contributed by atoms with Gasteiger partial charge in [0.2, 0.25) is 11.8 Å². The van der Waals surface area contributed by atoms with E-state index < -0.39 is 102 Å². The van der Waals surface area contributed by atoms with Crippen LogP contribution in [0.3, 0.4) is 0 Å². The molecule has 0 bridgehead atoms. The fourth-order valence-electron chi connectivity index (χ4n) is 13.3. The van der Waals surface area contributed by atoms with E-state index in [1.807, 2.05) is 208 Å². The first-order valence-electron chi connectivity index (χ1n) is 40.6. The summed E-state index contributed by atoms with van der Waals surface area (Å²) in [4.78, 5) is 168. The van der Waals surface area contributed by atoms with Gasteiger partial charge in [0.15, 0.2) is 23.1 Å². The number of carbonyl (C=O) groups excluding carboxylic acids is 12. The normalized spacial score (nSPS) is 14.0. The van der Waals surface area contributed by atoms with Crippen LogP contribution >= 0.6 is 0 Å². The van der Waals surface area contributed by atoms with Crippen molar-refractivity contribution in [2.24, 2.45) is 55.2 Å². The minimum Gasteiger partial charge on any atom is -0.346 e. The maximum Gasteiger partial charge on any atom is 0.224 e. The number of nitrogens with one attached hydrogen (secondary N) is 4. The molecule has 0 rings (SSSR count). The summed E-state index contributed by atoms with van der Waals surface area (Å²) in [5, 5.41) is 12.8. The van der Waals surface area contributed by atoms with Crippen molar-refractivity contribution in [2.75, 3.05) is 0 Å². The van der Waals surface area contributed by atoms with Gasteiger partial charge in [-0.2, -0.15) is 0 Å². The van der Waals surface area contributed by atoms with Gasteiger partial charge >= 0.3 is 0 Å². The molecule has 0 aromatic carbocycles. The topological polar surface area (TPSA) is 253 Å². The predicted octanol–water partition coefficient (Wildman–Crippen LogP) is 22.5. The molecule has 0 aromatic rings. The standard InChI is InChI=1S/2C43H78N2O6.6CH4/c1-16-39(11,17-2)34(47)27-30(37(50)41(13,20-5)21-6)26-33(46)31(45-43(15,24-9)25-10)29-36(49)44-32(38(51)42(14,22-7)23-8)28-35(48)40(12,18-3)19-4;1-16-39(11,17-2)34(47)27-30(26-33(46)31(45-43(15,24-9)25-10)28-35(48)40(12,18-3)19-4)38(51)44-32(37(50)42(14,22-7)23-8)29-36(49)41(13,20-5)21-6;;;;;;/h30-32,45H,16-29H2,1-15H3,(H,44,49);30-32,45H,16-29H2,1-15H3,(H,44,51);6*1H4. The van der Waals surface area contributed by atoms with Crippen molar-refractivity contribution in [3.63, 3.8) is 0 Å². The summed E-state index contributed by atoms with van der Waals surface area (Å²) < 4.78 is 0. The average molecular weight is 1530 g/mol. The third-order valence-corrected chi connectivity index (χ3v) is 27.9. The van der Waals surface area contributed by atoms with Gasteiger partial charge in [-0.15, -0.1) is 0 Å². The zero-order chi connectivity index (χ0) is 80.0. The third-order valence-electron chi connectivity index (χ3n) is 27.9. The van der Waals surface area contributed by atoms with Crippen molar-refractivity contribution in [2.45, 2.75) is 467 Å². The maximum absolute atomic E-state index is 14.4. The molecule has 0 aliphatic heterocycles. The molecule has 0 radical (unpaired) electrons. The van der Waals surface area contributed by atoms with E-state index in [0.717, 1.165) is 12.8 Å². The number of rotatable bonds is 56. The highest BCUT2D eigenvalue weighted by atomic mass is 16.2. The van der Waals surface area contributed by atoms with Gasteiger partial charge < -0.3 is 21.3 Å². The van der Waals surface area contributed by atoms with Crippen LogP contribution in [0.1, 0.15) is 432 Å². The second kappa shape index (κ2) is 52.8. The van der Waals surface area contributed by atoms with E-state index in [2.05, 4.69) is 21.3 Å². The van der Waals surface area contributed by atoms with Gasteiger partial charge in [-0.1, -0.05) is 238 Å². The molecule has 0 saturated carbocycles. The van der Waals surface area contributed by atoms with E-state index in [0.29, 0.717) is 116 Å². The van der Waals surface area contributed by atoms with E-state index in [1.165, 1.54) is 0 Å². The van der Waals surface area contributed by atoms with Crippen molar-refractivity contribution < 1.29 is 57.5 Å². The number of carbonyl (C=O) groups is 12. The summed E-state index contributed by atoms with van der Waals surface area (Å²) in [7, 11) is 0. The Morgan fingerprint density at radius 3 is 0.676 bits per heavy atom. The lowest BCUT2D eigenvalue weighted by molar-refractivity contribution is -0.141. The van der Waals surface area contributed by atoms with Gasteiger partial charge in [0.05, 0.1) is 30.1 Å². The van der Waals surface area contributed by atoms with E-state index in [4.69, 9.17) is 0 Å². The number of hydrogen-bond acceptors (Lipinski definition) is 14. The smallest absolute Gasteiger partial charge is 0.224 e. The lowest BCUT2D eigenvalue weighted by atomic mass is 9.69. The van der Waals surface area contributed by atoms with Crippen LogP contribution in [0, 0.1) is 55.2 Å². The zero-order valence-corrected chi connectivity index (χ0v) is 71.2. The lowest BCUT2D eigenvalue weighted by Crippen LogP contribution is -2.55. The number of Topliss-reactive ketones (excluding diaryl/α,β-unsaturated/α-hetero) is 10. The first-order valence-corrected chi connectivity index (χ1v) is 40.6. The molecule has 640 valence electrons. The van der Waals surface area contributed by atoms with Gasteiger partial charge in [-0.25, -0.2) is 0 Å². The SMILES string of the molecule is C.C.C.C.C.C.CCC(C)(CC)NC(CC(=O)C(C)(CC)CC)C(=O)CC(CC(=O)C(C)(CC)CC)C(=O)NC(CC(=O)C(C)(CC)CC)C(=O)C(C)(CC)CC.CCC(C)(CC)NC(CC(=O)NC(CC(=O)C(C)(CC)CC)C(=O)C(C)(CC)CC)C(=O)CC(CC(=O)C(C)(CC)CC)C(=O)C(C)(CC)CC. The number of amides is 2. The molecule has 0 heterocycles. The molecule has 0 spiro atoms. The van der Waals surface area contributed by atoms with Crippen LogP contribution in [0.15, 0.2) is 0 Å². The molecule has 4 N–H and O–H groups in total. The largest absolute Gasteiger partial charge is 0.346 e. The summed E-state index contributed by atoms with van der Waals surface area (Å²) in [6.45, 7) is 58.6. The van der Waals surface area contributed by atoms with Crippen LogP contribution in [0.2, 0.25) is 0 Å². The molecule has 6 atom stereocenters. The monoisotopic (exact) mass is 1530 g/mol. The highest BCUT2D eigenvalue weighted by Crippen LogP contribution is 2.40. The maximum atomic E-state index is 14.4. The zero-order valence-electron chi connectivity index (χ0n) is 71.2. The molecule has 2 amide bonds. The Morgan fingerprint density at radius 1 is 0.222 bits per heavy atom. The van der Waals surface area contributed by atoms with Crippen molar-refractivity contribution in [1.29, 1.82) is 0 Å². The van der Waals surface area contributed by atoms with Crippen LogP contribution in [0.5, 0.6) is 0 Å². The summed E-state index contributed by atoms with van der Waals surface area (Å²) in [5.74, 6) is -4.33. The van der Waals surface area contributed by atoms with E-state index in [9.17, 15) is 57.5 Å². The van der Waals surface area contributed by atoms with E-state index >= 15 is 0 Å². The van der Waals surface area contributed by atoms with Crippen LogP contribution in [-0.2, 0) is 57.5 Å². The highest BCUT2D eigenvalue weighted by molar-refractivity contribution is 6.02. The Bertz CT molecular complexity index is 2700. The van der Waals surface area contributed by atoms with Crippen molar-refractivity contribution >= 4 is 69.6 Å². The van der Waals surface area contributed by atoms with Gasteiger partial charge in [0, 0.05) is 112 Å². The van der Waals surface area contributed by atoms with Gasteiger partial charge in [-0.3, -0.25) is 57.5 Å². The molecule has 0 fully saturated rings. The fourth-order valence-corrected chi connectivity index (χ4v) is 13.3. The van der Waals surface area contributed by atoms with Crippen LogP contribution in [0.4, 0.5) is 0 Å². The predicted molar refractivity (Wildman–Crippen MR) is 460 cm³/mol. The first kappa shape index (κ1) is 119. The fraction of sp³-hybridized carbons (Fsp3) is 0.870. The summed E-state index contributed by atoms with van der Waals surface area (Å²) >= 11 is 0. The van der Waals surface area contributed by atoms with Crippen molar-refractivity contribution in [3.05, 3.63) is 0 Å². The summed E-state index contributed by atoms with van der Waals surface area (Å²) in [6, 6.07) is -3.90. The van der Waals surface area contributed by atoms with Gasteiger partial charge in [0.25, 0.3) is 0 Å². The average Bonchev–Trinajstić information content (AvgIpc) is 0.818. The molecular weight excluding hydrogens is 1350 g/mol. The van der Waals surface area contributed by atoms with E-state index in [1.54, 1.807) is 0 Å². The van der Waals surface area contributed by atoms with Gasteiger partial charge in [-0.05, 0) is 142 Å². The highest BCUT2D eigenvalue weighted by Gasteiger charge is 2.47. The van der Waals surface area contributed by atoms with Crippen molar-refractivity contribution in [3.8, 4) is 0 Å². The molecule has 0 aliphatic carbocycles. The Labute approximate surface area is 667 Å². The second-order valence-electron chi connectivity index (χ2n) is 33.4. The molecule has 108 heavy (non-hydrogen) atoms. The molecular formula is C92H180N4O12. The Hall–Kier alpha value is -4.44. The summed E-state index contributed by atoms with van der Waals surface area (Å²) in [5.41, 5.74) is -6.16. The first-order chi connectivity index (χ1) is 47.1. The number of hydrogen-bond donors (Lipinski definition) is 4. The Kier molecular flexibility index (Phi) is 58.3.